The Bertz CT molecular complexity index is 551. The van der Waals surface area contributed by atoms with Gasteiger partial charge in [-0.1, -0.05) is 28.4 Å². The fourth-order valence-electron chi connectivity index (χ4n) is 3.95. The van der Waals surface area contributed by atoms with Crippen LogP contribution in [0.1, 0.15) is 25.7 Å². The molecule has 0 aromatic heterocycles. The van der Waals surface area contributed by atoms with E-state index in [2.05, 4.69) is 44.3 Å². The third-order valence-corrected chi connectivity index (χ3v) is 5.82. The SMILES string of the molecule is NC[C@H]1CCC[C@H]1C(=O)NCC1CCN(c2cccc(Br)c2)C1. The normalized spacial score (nSPS) is 27.4. The van der Waals surface area contributed by atoms with Crippen molar-refractivity contribution < 1.29 is 4.79 Å². The van der Waals surface area contributed by atoms with Crippen molar-refractivity contribution in [3.63, 3.8) is 0 Å². The van der Waals surface area contributed by atoms with Gasteiger partial charge in [-0.25, -0.2) is 0 Å². The van der Waals surface area contributed by atoms with Gasteiger partial charge < -0.3 is 16.0 Å². The third kappa shape index (κ3) is 4.07. The number of anilines is 1. The van der Waals surface area contributed by atoms with Gasteiger partial charge >= 0.3 is 0 Å². The zero-order valence-electron chi connectivity index (χ0n) is 13.5. The lowest BCUT2D eigenvalue weighted by molar-refractivity contribution is -0.126. The largest absolute Gasteiger partial charge is 0.371 e. The van der Waals surface area contributed by atoms with Gasteiger partial charge in [-0.05, 0) is 55.8 Å². The molecule has 1 aromatic rings. The van der Waals surface area contributed by atoms with Gasteiger partial charge in [-0.2, -0.15) is 0 Å². The molecule has 5 heteroatoms. The maximum absolute atomic E-state index is 12.4. The highest BCUT2D eigenvalue weighted by Crippen LogP contribution is 2.31. The van der Waals surface area contributed by atoms with Crippen molar-refractivity contribution in [2.45, 2.75) is 25.7 Å². The minimum Gasteiger partial charge on any atom is -0.371 e. The zero-order chi connectivity index (χ0) is 16.2. The summed E-state index contributed by atoms with van der Waals surface area (Å²) in [4.78, 5) is 14.8. The number of hydrogen-bond acceptors (Lipinski definition) is 3. The molecule has 1 amide bonds. The van der Waals surface area contributed by atoms with Crippen molar-refractivity contribution in [2.24, 2.45) is 23.5 Å². The Morgan fingerprint density at radius 2 is 2.22 bits per heavy atom. The highest BCUT2D eigenvalue weighted by Gasteiger charge is 2.32. The molecule has 1 aliphatic carbocycles. The number of hydrogen-bond donors (Lipinski definition) is 2. The molecule has 0 radical (unpaired) electrons. The van der Waals surface area contributed by atoms with Crippen molar-refractivity contribution >= 4 is 27.5 Å². The van der Waals surface area contributed by atoms with E-state index >= 15 is 0 Å². The van der Waals surface area contributed by atoms with E-state index in [1.165, 1.54) is 5.69 Å². The van der Waals surface area contributed by atoms with E-state index in [4.69, 9.17) is 5.73 Å². The first-order valence-electron chi connectivity index (χ1n) is 8.65. The number of rotatable bonds is 5. The minimum atomic E-state index is 0.141. The van der Waals surface area contributed by atoms with Gasteiger partial charge in [0.2, 0.25) is 5.91 Å². The highest BCUT2D eigenvalue weighted by molar-refractivity contribution is 9.10. The summed E-state index contributed by atoms with van der Waals surface area (Å²) in [5.74, 6) is 1.29. The summed E-state index contributed by atoms with van der Waals surface area (Å²) < 4.78 is 1.11. The van der Waals surface area contributed by atoms with Gasteiger partial charge in [0.15, 0.2) is 0 Å². The van der Waals surface area contributed by atoms with Crippen LogP contribution in [0.2, 0.25) is 0 Å². The average Bonchev–Trinajstić information content (AvgIpc) is 3.21. The molecule has 2 fully saturated rings. The van der Waals surface area contributed by atoms with Crippen LogP contribution in [0.15, 0.2) is 28.7 Å². The second-order valence-electron chi connectivity index (χ2n) is 6.86. The molecule has 0 spiro atoms. The molecule has 1 aliphatic heterocycles. The van der Waals surface area contributed by atoms with Gasteiger partial charge in [0.25, 0.3) is 0 Å². The minimum absolute atomic E-state index is 0.141. The Morgan fingerprint density at radius 1 is 1.35 bits per heavy atom. The number of amides is 1. The maximum Gasteiger partial charge on any atom is 0.223 e. The third-order valence-electron chi connectivity index (χ3n) is 5.32. The lowest BCUT2D eigenvalue weighted by atomic mass is 9.95. The molecular weight excluding hydrogens is 354 g/mol. The summed E-state index contributed by atoms with van der Waals surface area (Å²) in [5, 5.41) is 3.18. The molecule has 23 heavy (non-hydrogen) atoms. The molecule has 1 saturated carbocycles. The topological polar surface area (TPSA) is 58.4 Å². The molecule has 4 nitrogen and oxygen atoms in total. The predicted molar refractivity (Wildman–Crippen MR) is 97.4 cm³/mol. The highest BCUT2D eigenvalue weighted by atomic mass is 79.9. The van der Waals surface area contributed by atoms with Crippen LogP contribution in [-0.4, -0.2) is 32.1 Å². The van der Waals surface area contributed by atoms with Crippen molar-refractivity contribution in [1.82, 2.24) is 5.32 Å². The molecule has 3 atom stereocenters. The molecule has 1 unspecified atom stereocenters. The Hall–Kier alpha value is -1.07. The lowest BCUT2D eigenvalue weighted by Gasteiger charge is -2.20. The fourth-order valence-corrected chi connectivity index (χ4v) is 4.33. The van der Waals surface area contributed by atoms with E-state index in [1.54, 1.807) is 0 Å². The second-order valence-corrected chi connectivity index (χ2v) is 7.77. The second kappa shape index (κ2) is 7.67. The first kappa shape index (κ1) is 16.8. The zero-order valence-corrected chi connectivity index (χ0v) is 15.1. The van der Waals surface area contributed by atoms with E-state index < -0.39 is 0 Å². The van der Waals surface area contributed by atoms with E-state index in [0.29, 0.717) is 18.4 Å². The van der Waals surface area contributed by atoms with Crippen LogP contribution in [0.4, 0.5) is 5.69 Å². The van der Waals surface area contributed by atoms with Crippen molar-refractivity contribution in [1.29, 1.82) is 0 Å². The number of halogens is 1. The number of benzene rings is 1. The number of carbonyl (C=O) groups excluding carboxylic acids is 1. The Morgan fingerprint density at radius 3 is 3.00 bits per heavy atom. The van der Waals surface area contributed by atoms with Crippen LogP contribution in [0, 0.1) is 17.8 Å². The van der Waals surface area contributed by atoms with Gasteiger partial charge in [0.05, 0.1) is 0 Å². The van der Waals surface area contributed by atoms with Crippen LogP contribution in [0.25, 0.3) is 0 Å². The van der Waals surface area contributed by atoms with E-state index in [9.17, 15) is 4.79 Å². The molecule has 1 aromatic carbocycles. The average molecular weight is 380 g/mol. The summed E-state index contributed by atoms with van der Waals surface area (Å²) in [6, 6.07) is 8.43. The predicted octanol–water partition coefficient (Wildman–Crippen LogP) is 2.77. The van der Waals surface area contributed by atoms with E-state index in [0.717, 1.165) is 49.8 Å². The van der Waals surface area contributed by atoms with Crippen LogP contribution >= 0.6 is 15.9 Å². The van der Waals surface area contributed by atoms with Crippen molar-refractivity contribution in [3.05, 3.63) is 28.7 Å². The number of carbonyl (C=O) groups is 1. The first-order valence-corrected chi connectivity index (χ1v) is 9.45. The smallest absolute Gasteiger partial charge is 0.223 e. The number of nitrogens with two attached hydrogens (primary N) is 1. The first-order chi connectivity index (χ1) is 11.2. The number of nitrogens with one attached hydrogen (secondary N) is 1. The summed E-state index contributed by atoms with van der Waals surface area (Å²) >= 11 is 3.53. The van der Waals surface area contributed by atoms with Crippen molar-refractivity contribution in [3.8, 4) is 0 Å². The van der Waals surface area contributed by atoms with Gasteiger partial charge in [-0.15, -0.1) is 0 Å². The monoisotopic (exact) mass is 379 g/mol. The van der Waals surface area contributed by atoms with Crippen LogP contribution in [-0.2, 0) is 4.79 Å². The molecule has 1 saturated heterocycles. The van der Waals surface area contributed by atoms with Gasteiger partial charge in [-0.3, -0.25) is 4.79 Å². The Balaban J connectivity index is 1.48. The van der Waals surface area contributed by atoms with Crippen LogP contribution in [0.5, 0.6) is 0 Å². The summed E-state index contributed by atoms with van der Waals surface area (Å²) in [5.41, 5.74) is 7.04. The quantitative estimate of drug-likeness (QED) is 0.826. The van der Waals surface area contributed by atoms with Gasteiger partial charge in [0, 0.05) is 35.7 Å². The molecule has 3 N–H and O–H groups in total. The van der Waals surface area contributed by atoms with Gasteiger partial charge in [0.1, 0.15) is 0 Å². The summed E-state index contributed by atoms with van der Waals surface area (Å²) in [6.45, 7) is 3.50. The standard InChI is InChI=1S/C18H26BrN3O/c19-15-4-2-5-16(9-15)22-8-7-13(12-22)11-21-18(23)17-6-1-3-14(17)10-20/h2,4-5,9,13-14,17H,1,3,6-8,10-12,20H2,(H,21,23)/t13?,14-,17-/m1/s1. The lowest BCUT2D eigenvalue weighted by Crippen LogP contribution is -2.38. The summed E-state index contributed by atoms with van der Waals surface area (Å²) in [6.07, 6.45) is 4.38. The maximum atomic E-state index is 12.4. The molecule has 126 valence electrons. The molecule has 2 aliphatic rings. The molecule has 0 bridgehead atoms. The molecular formula is C18H26BrN3O. The Labute approximate surface area is 146 Å². The molecule has 3 rings (SSSR count). The molecule has 1 heterocycles. The van der Waals surface area contributed by atoms with E-state index in [1.807, 2.05) is 6.07 Å². The van der Waals surface area contributed by atoms with E-state index in [-0.39, 0.29) is 11.8 Å². The fraction of sp³-hybridized carbons (Fsp3) is 0.611. The van der Waals surface area contributed by atoms with Crippen LogP contribution in [0.3, 0.4) is 0 Å². The number of nitrogens with zero attached hydrogens (tertiary/aromatic N) is 1. The van der Waals surface area contributed by atoms with Crippen LogP contribution < -0.4 is 16.0 Å². The summed E-state index contributed by atoms with van der Waals surface area (Å²) in [7, 11) is 0. The Kier molecular flexibility index (Phi) is 5.59. The van der Waals surface area contributed by atoms with Crippen molar-refractivity contribution in [2.75, 3.05) is 31.1 Å².